The molecule has 1 aromatic heterocycles. The number of para-hydroxylation sites is 2. The van der Waals surface area contributed by atoms with Gasteiger partial charge in [0, 0.05) is 25.7 Å². The van der Waals surface area contributed by atoms with Gasteiger partial charge in [0.2, 0.25) is 0 Å². The third-order valence-corrected chi connectivity index (χ3v) is 3.54. The van der Waals surface area contributed by atoms with Gasteiger partial charge in [-0.2, -0.15) is 0 Å². The molecule has 0 aliphatic heterocycles. The number of hydrogen-bond acceptors (Lipinski definition) is 4. The van der Waals surface area contributed by atoms with E-state index in [0.717, 1.165) is 10.7 Å². The number of aromatic nitrogens is 1. The maximum Gasteiger partial charge on any atom is 0.115 e. The highest BCUT2D eigenvalue weighted by molar-refractivity contribution is 7.09. The normalized spacial score (nSPS) is 12.2. The molecule has 90 valence electrons. The Kier molecular flexibility index (Phi) is 3.64. The van der Waals surface area contributed by atoms with Crippen LogP contribution in [-0.4, -0.2) is 19.1 Å². The maximum absolute atomic E-state index is 4.33. The third kappa shape index (κ3) is 2.77. The Bertz CT molecular complexity index is 465. The van der Waals surface area contributed by atoms with Gasteiger partial charge in [-0.25, -0.2) is 4.98 Å². The molecule has 2 aromatic rings. The monoisotopic (exact) mass is 247 g/mol. The van der Waals surface area contributed by atoms with Gasteiger partial charge < -0.3 is 10.2 Å². The summed E-state index contributed by atoms with van der Waals surface area (Å²) in [7, 11) is 4.10. The van der Waals surface area contributed by atoms with Crippen LogP contribution in [0, 0.1) is 0 Å². The van der Waals surface area contributed by atoms with Crippen molar-refractivity contribution in [3.8, 4) is 0 Å². The summed E-state index contributed by atoms with van der Waals surface area (Å²) < 4.78 is 0. The van der Waals surface area contributed by atoms with E-state index >= 15 is 0 Å². The molecule has 0 saturated heterocycles. The second-order valence-electron chi connectivity index (χ2n) is 4.15. The van der Waals surface area contributed by atoms with E-state index in [0.29, 0.717) is 0 Å². The quantitative estimate of drug-likeness (QED) is 0.897. The van der Waals surface area contributed by atoms with Crippen molar-refractivity contribution >= 4 is 22.7 Å². The molecule has 0 bridgehead atoms. The highest BCUT2D eigenvalue weighted by Gasteiger charge is 2.10. The Morgan fingerprint density at radius 2 is 2.06 bits per heavy atom. The molecule has 1 aromatic carbocycles. The molecule has 3 nitrogen and oxygen atoms in total. The van der Waals surface area contributed by atoms with Crippen molar-refractivity contribution < 1.29 is 0 Å². The zero-order valence-corrected chi connectivity index (χ0v) is 11.2. The molecule has 0 radical (unpaired) electrons. The van der Waals surface area contributed by atoms with Gasteiger partial charge in [-0.3, -0.25) is 0 Å². The van der Waals surface area contributed by atoms with Gasteiger partial charge in [-0.15, -0.1) is 11.3 Å². The lowest BCUT2D eigenvalue weighted by atomic mass is 10.2. The lowest BCUT2D eigenvalue weighted by molar-refractivity contribution is 0.868. The van der Waals surface area contributed by atoms with Crippen molar-refractivity contribution in [2.75, 3.05) is 24.3 Å². The molecule has 1 unspecified atom stereocenters. The zero-order valence-electron chi connectivity index (χ0n) is 10.3. The SMILES string of the molecule is CC(Nc1ccccc1N(C)C)c1nccs1. The van der Waals surface area contributed by atoms with Crippen molar-refractivity contribution in [3.63, 3.8) is 0 Å². The van der Waals surface area contributed by atoms with Crippen LogP contribution in [0.1, 0.15) is 18.0 Å². The van der Waals surface area contributed by atoms with Gasteiger partial charge in [0.25, 0.3) is 0 Å². The molecule has 0 saturated carbocycles. The number of thiazole rings is 1. The summed E-state index contributed by atoms with van der Waals surface area (Å²) >= 11 is 1.68. The molecule has 0 aliphatic rings. The fourth-order valence-corrected chi connectivity index (χ4v) is 2.37. The summed E-state index contributed by atoms with van der Waals surface area (Å²) in [5.74, 6) is 0. The van der Waals surface area contributed by atoms with Crippen LogP contribution in [-0.2, 0) is 0 Å². The topological polar surface area (TPSA) is 28.2 Å². The fraction of sp³-hybridized carbons (Fsp3) is 0.308. The van der Waals surface area contributed by atoms with Crippen LogP contribution < -0.4 is 10.2 Å². The first-order valence-electron chi connectivity index (χ1n) is 5.61. The van der Waals surface area contributed by atoms with Crippen molar-refractivity contribution in [2.45, 2.75) is 13.0 Å². The minimum absolute atomic E-state index is 0.232. The second kappa shape index (κ2) is 5.19. The Labute approximate surface area is 106 Å². The van der Waals surface area contributed by atoms with Crippen molar-refractivity contribution in [2.24, 2.45) is 0 Å². The Balaban J connectivity index is 2.18. The maximum atomic E-state index is 4.33. The molecule has 4 heteroatoms. The van der Waals surface area contributed by atoms with Crippen molar-refractivity contribution in [1.82, 2.24) is 4.98 Å². The number of nitrogens with zero attached hydrogens (tertiary/aromatic N) is 2. The Morgan fingerprint density at radius 3 is 2.71 bits per heavy atom. The molecule has 0 amide bonds. The molecule has 0 aliphatic carbocycles. The van der Waals surface area contributed by atoms with E-state index in [9.17, 15) is 0 Å². The van der Waals surface area contributed by atoms with E-state index in [1.807, 2.05) is 17.6 Å². The molecule has 17 heavy (non-hydrogen) atoms. The molecular formula is C13H17N3S. The number of anilines is 2. The lowest BCUT2D eigenvalue weighted by Crippen LogP contribution is -2.13. The van der Waals surface area contributed by atoms with E-state index in [2.05, 4.69) is 54.4 Å². The fourth-order valence-electron chi connectivity index (χ4n) is 1.73. The van der Waals surface area contributed by atoms with E-state index in [1.165, 1.54) is 5.69 Å². The number of nitrogens with one attached hydrogen (secondary N) is 1. The molecule has 0 spiro atoms. The summed E-state index contributed by atoms with van der Waals surface area (Å²) in [4.78, 5) is 6.44. The summed E-state index contributed by atoms with van der Waals surface area (Å²) in [6.07, 6.45) is 1.84. The summed E-state index contributed by atoms with van der Waals surface area (Å²) in [6, 6.07) is 8.53. The smallest absolute Gasteiger partial charge is 0.115 e. The van der Waals surface area contributed by atoms with Gasteiger partial charge in [0.05, 0.1) is 17.4 Å². The summed E-state index contributed by atoms with van der Waals surface area (Å²) in [5, 5.41) is 6.62. The first-order chi connectivity index (χ1) is 8.18. The van der Waals surface area contributed by atoms with Crippen LogP contribution in [0.15, 0.2) is 35.8 Å². The zero-order chi connectivity index (χ0) is 12.3. The van der Waals surface area contributed by atoms with E-state index < -0.39 is 0 Å². The Hall–Kier alpha value is -1.55. The van der Waals surface area contributed by atoms with E-state index in [-0.39, 0.29) is 6.04 Å². The van der Waals surface area contributed by atoms with Gasteiger partial charge in [0.1, 0.15) is 5.01 Å². The highest BCUT2D eigenvalue weighted by Crippen LogP contribution is 2.28. The lowest BCUT2D eigenvalue weighted by Gasteiger charge is -2.20. The number of hydrogen-bond donors (Lipinski definition) is 1. The predicted octanol–water partition coefficient (Wildman–Crippen LogP) is 3.38. The minimum Gasteiger partial charge on any atom is -0.376 e. The first-order valence-corrected chi connectivity index (χ1v) is 6.48. The average Bonchev–Trinajstić information content (AvgIpc) is 2.83. The van der Waals surface area contributed by atoms with Crippen molar-refractivity contribution in [1.29, 1.82) is 0 Å². The van der Waals surface area contributed by atoms with Crippen molar-refractivity contribution in [3.05, 3.63) is 40.8 Å². The van der Waals surface area contributed by atoms with Crippen LogP contribution >= 0.6 is 11.3 Å². The minimum atomic E-state index is 0.232. The summed E-state index contributed by atoms with van der Waals surface area (Å²) in [6.45, 7) is 2.13. The van der Waals surface area contributed by atoms with Crippen LogP contribution in [0.25, 0.3) is 0 Å². The van der Waals surface area contributed by atoms with Gasteiger partial charge in [-0.05, 0) is 19.1 Å². The van der Waals surface area contributed by atoms with E-state index in [4.69, 9.17) is 0 Å². The first kappa shape index (κ1) is 11.9. The molecule has 0 fully saturated rings. The average molecular weight is 247 g/mol. The number of benzene rings is 1. The van der Waals surface area contributed by atoms with Crippen LogP contribution in [0.2, 0.25) is 0 Å². The largest absolute Gasteiger partial charge is 0.376 e. The Morgan fingerprint density at radius 1 is 1.29 bits per heavy atom. The van der Waals surface area contributed by atoms with Gasteiger partial charge in [0.15, 0.2) is 0 Å². The molecule has 1 atom stereocenters. The molecule has 1 N–H and O–H groups in total. The van der Waals surface area contributed by atoms with Crippen LogP contribution in [0.5, 0.6) is 0 Å². The van der Waals surface area contributed by atoms with Crippen LogP contribution in [0.3, 0.4) is 0 Å². The van der Waals surface area contributed by atoms with Gasteiger partial charge >= 0.3 is 0 Å². The highest BCUT2D eigenvalue weighted by atomic mass is 32.1. The van der Waals surface area contributed by atoms with Crippen LogP contribution in [0.4, 0.5) is 11.4 Å². The molecule has 1 heterocycles. The number of rotatable bonds is 4. The predicted molar refractivity (Wildman–Crippen MR) is 74.9 cm³/mol. The standard InChI is InChI=1S/C13H17N3S/c1-10(13-14-8-9-17-13)15-11-6-4-5-7-12(11)16(2)3/h4-10,15H,1-3H3. The molecular weight excluding hydrogens is 230 g/mol. The second-order valence-corrected chi connectivity index (χ2v) is 5.07. The van der Waals surface area contributed by atoms with Gasteiger partial charge in [-0.1, -0.05) is 12.1 Å². The summed E-state index contributed by atoms with van der Waals surface area (Å²) in [5.41, 5.74) is 2.33. The molecule has 2 rings (SSSR count). The van der Waals surface area contributed by atoms with E-state index in [1.54, 1.807) is 11.3 Å². The third-order valence-electron chi connectivity index (χ3n) is 2.58.